The molecule has 1 aromatic rings. The average molecular weight is 334 g/mol. The molecule has 0 radical (unpaired) electrons. The van der Waals surface area contributed by atoms with E-state index < -0.39 is 23.5 Å². The Morgan fingerprint density at radius 1 is 0.708 bits per heavy atom. The third kappa shape index (κ3) is 3.76. The minimum Gasteiger partial charge on any atom is -0.430 e. The van der Waals surface area contributed by atoms with Gasteiger partial charge in [0.1, 0.15) is 0 Å². The third-order valence-corrected chi connectivity index (χ3v) is 4.69. The number of rotatable bonds is 4. The van der Waals surface area contributed by atoms with Crippen LogP contribution in [0.25, 0.3) is 0 Å². The molecule has 0 bridgehead atoms. The SMILES string of the molecule is O=C(OC1(O)CCCC1)c1ccc(C(=O)OC2(O)CCCC2)cc1. The maximum atomic E-state index is 12.1. The Hall–Kier alpha value is -1.92. The standard InChI is InChI=1S/C18H22O6/c19-15(23-17(21)9-1-2-10-17)13-5-7-14(8-6-13)16(20)24-18(22)11-3-4-12-18/h5-8,21-22H,1-4,9-12H2. The van der Waals surface area contributed by atoms with E-state index in [2.05, 4.69) is 0 Å². The lowest BCUT2D eigenvalue weighted by molar-refractivity contribution is -0.159. The highest BCUT2D eigenvalue weighted by Crippen LogP contribution is 2.32. The zero-order chi connectivity index (χ0) is 17.2. The molecule has 2 N–H and O–H groups in total. The average Bonchev–Trinajstić information content (AvgIpc) is 3.16. The van der Waals surface area contributed by atoms with Crippen molar-refractivity contribution < 1.29 is 29.3 Å². The Bertz CT molecular complexity index is 554. The van der Waals surface area contributed by atoms with E-state index in [0.717, 1.165) is 25.7 Å². The molecule has 6 nitrogen and oxygen atoms in total. The van der Waals surface area contributed by atoms with E-state index in [0.29, 0.717) is 25.7 Å². The second-order valence-corrected chi connectivity index (χ2v) is 6.66. The van der Waals surface area contributed by atoms with Gasteiger partial charge in [0.25, 0.3) is 0 Å². The van der Waals surface area contributed by atoms with Crippen molar-refractivity contribution in [2.45, 2.75) is 62.9 Å². The van der Waals surface area contributed by atoms with Gasteiger partial charge in [0.15, 0.2) is 0 Å². The molecule has 0 saturated heterocycles. The van der Waals surface area contributed by atoms with E-state index in [1.807, 2.05) is 0 Å². The smallest absolute Gasteiger partial charge is 0.340 e. The van der Waals surface area contributed by atoms with Gasteiger partial charge in [-0.15, -0.1) is 0 Å². The zero-order valence-corrected chi connectivity index (χ0v) is 13.5. The van der Waals surface area contributed by atoms with Gasteiger partial charge in [0, 0.05) is 25.7 Å². The lowest BCUT2D eigenvalue weighted by Crippen LogP contribution is -2.32. The van der Waals surface area contributed by atoms with Crippen LogP contribution in [-0.2, 0) is 9.47 Å². The van der Waals surface area contributed by atoms with Crippen LogP contribution in [0.5, 0.6) is 0 Å². The minimum atomic E-state index is -1.37. The summed E-state index contributed by atoms with van der Waals surface area (Å²) >= 11 is 0. The Labute approximate surface area is 140 Å². The Balaban J connectivity index is 1.62. The van der Waals surface area contributed by atoms with Crippen LogP contribution in [0.15, 0.2) is 24.3 Å². The summed E-state index contributed by atoms with van der Waals surface area (Å²) < 4.78 is 10.3. The van der Waals surface area contributed by atoms with Crippen molar-refractivity contribution in [1.82, 2.24) is 0 Å². The summed E-state index contributed by atoms with van der Waals surface area (Å²) in [4.78, 5) is 24.2. The fraction of sp³-hybridized carbons (Fsp3) is 0.556. The van der Waals surface area contributed by atoms with E-state index in [1.165, 1.54) is 24.3 Å². The maximum Gasteiger partial charge on any atom is 0.340 e. The first-order valence-electron chi connectivity index (χ1n) is 8.41. The first kappa shape index (κ1) is 16.9. The van der Waals surface area contributed by atoms with E-state index in [-0.39, 0.29) is 11.1 Å². The van der Waals surface area contributed by atoms with Gasteiger partial charge in [-0.3, -0.25) is 0 Å². The lowest BCUT2D eigenvalue weighted by atomic mass is 10.1. The molecule has 0 unspecified atom stereocenters. The van der Waals surface area contributed by atoms with Gasteiger partial charge >= 0.3 is 11.9 Å². The van der Waals surface area contributed by atoms with Crippen molar-refractivity contribution in [3.8, 4) is 0 Å². The minimum absolute atomic E-state index is 0.256. The highest BCUT2D eigenvalue weighted by Gasteiger charge is 2.36. The summed E-state index contributed by atoms with van der Waals surface area (Å²) in [7, 11) is 0. The molecular formula is C18H22O6. The Morgan fingerprint density at radius 2 is 1.00 bits per heavy atom. The zero-order valence-electron chi connectivity index (χ0n) is 13.5. The monoisotopic (exact) mass is 334 g/mol. The second-order valence-electron chi connectivity index (χ2n) is 6.66. The fourth-order valence-corrected chi connectivity index (χ4v) is 3.26. The molecule has 0 aromatic heterocycles. The summed E-state index contributed by atoms with van der Waals surface area (Å²) in [5, 5.41) is 20.2. The molecule has 130 valence electrons. The van der Waals surface area contributed by atoms with Gasteiger partial charge in [-0.25, -0.2) is 9.59 Å². The molecule has 0 heterocycles. The predicted molar refractivity (Wildman–Crippen MR) is 84.1 cm³/mol. The molecule has 3 rings (SSSR count). The molecule has 0 amide bonds. The molecule has 2 aliphatic rings. The van der Waals surface area contributed by atoms with Crippen molar-refractivity contribution in [3.63, 3.8) is 0 Å². The van der Waals surface area contributed by atoms with Crippen LogP contribution >= 0.6 is 0 Å². The summed E-state index contributed by atoms with van der Waals surface area (Å²) in [6.07, 6.45) is 5.11. The van der Waals surface area contributed by atoms with Gasteiger partial charge in [-0.2, -0.15) is 0 Å². The van der Waals surface area contributed by atoms with E-state index in [1.54, 1.807) is 0 Å². The number of hydrogen-bond donors (Lipinski definition) is 2. The van der Waals surface area contributed by atoms with Gasteiger partial charge in [0.05, 0.1) is 11.1 Å². The summed E-state index contributed by atoms with van der Waals surface area (Å²) in [6, 6.07) is 5.82. The second kappa shape index (κ2) is 6.53. The predicted octanol–water partition coefficient (Wildman–Crippen LogP) is 2.53. The molecular weight excluding hydrogens is 312 g/mol. The topological polar surface area (TPSA) is 93.1 Å². The first-order chi connectivity index (χ1) is 11.4. The van der Waals surface area contributed by atoms with Gasteiger partial charge in [0.2, 0.25) is 11.6 Å². The molecule has 2 fully saturated rings. The Morgan fingerprint density at radius 3 is 1.29 bits per heavy atom. The number of benzene rings is 1. The lowest BCUT2D eigenvalue weighted by Gasteiger charge is -2.23. The number of aliphatic hydroxyl groups is 2. The highest BCUT2D eigenvalue weighted by atomic mass is 16.7. The molecule has 0 spiro atoms. The van der Waals surface area contributed by atoms with Gasteiger partial charge in [-0.05, 0) is 49.9 Å². The van der Waals surface area contributed by atoms with Crippen LogP contribution < -0.4 is 0 Å². The summed E-state index contributed by atoms with van der Waals surface area (Å²) in [5.41, 5.74) is 0.512. The van der Waals surface area contributed by atoms with E-state index in [4.69, 9.17) is 9.47 Å². The van der Waals surface area contributed by atoms with Gasteiger partial charge in [-0.1, -0.05) is 0 Å². The molecule has 6 heteroatoms. The highest BCUT2D eigenvalue weighted by molar-refractivity contribution is 5.93. The number of hydrogen-bond acceptors (Lipinski definition) is 6. The van der Waals surface area contributed by atoms with Crippen LogP contribution in [0.3, 0.4) is 0 Å². The fourth-order valence-electron chi connectivity index (χ4n) is 3.26. The number of esters is 2. The van der Waals surface area contributed by atoms with Crippen molar-refractivity contribution in [3.05, 3.63) is 35.4 Å². The van der Waals surface area contributed by atoms with E-state index >= 15 is 0 Å². The summed E-state index contributed by atoms with van der Waals surface area (Å²) in [6.45, 7) is 0. The van der Waals surface area contributed by atoms with E-state index in [9.17, 15) is 19.8 Å². The van der Waals surface area contributed by atoms with Gasteiger partial charge < -0.3 is 19.7 Å². The third-order valence-electron chi connectivity index (χ3n) is 4.69. The van der Waals surface area contributed by atoms with Crippen molar-refractivity contribution in [2.75, 3.05) is 0 Å². The van der Waals surface area contributed by atoms with Crippen LogP contribution in [0.4, 0.5) is 0 Å². The largest absolute Gasteiger partial charge is 0.430 e. The van der Waals surface area contributed by atoms with Crippen LogP contribution in [0, 0.1) is 0 Å². The maximum absolute atomic E-state index is 12.1. The quantitative estimate of drug-likeness (QED) is 0.649. The molecule has 0 atom stereocenters. The number of ether oxygens (including phenoxy) is 2. The van der Waals surface area contributed by atoms with Crippen LogP contribution in [-0.4, -0.2) is 33.7 Å². The van der Waals surface area contributed by atoms with Crippen molar-refractivity contribution in [1.29, 1.82) is 0 Å². The number of carbonyl (C=O) groups excluding carboxylic acids is 2. The number of carbonyl (C=O) groups is 2. The normalized spacial score (nSPS) is 21.4. The molecule has 0 aliphatic heterocycles. The van der Waals surface area contributed by atoms with Crippen LogP contribution in [0.2, 0.25) is 0 Å². The molecule has 2 aliphatic carbocycles. The first-order valence-corrected chi connectivity index (χ1v) is 8.41. The summed E-state index contributed by atoms with van der Waals surface area (Å²) in [5.74, 6) is -3.98. The molecule has 2 saturated carbocycles. The molecule has 1 aromatic carbocycles. The Kier molecular flexibility index (Phi) is 4.60. The molecule has 24 heavy (non-hydrogen) atoms. The van der Waals surface area contributed by atoms with Crippen molar-refractivity contribution in [2.24, 2.45) is 0 Å². The van der Waals surface area contributed by atoms with Crippen molar-refractivity contribution >= 4 is 11.9 Å². The van der Waals surface area contributed by atoms with Crippen LogP contribution in [0.1, 0.15) is 72.1 Å².